The Kier molecular flexibility index (Phi) is 26.0. The van der Waals surface area contributed by atoms with Crippen LogP contribution < -0.4 is 0 Å². The maximum atomic E-state index is 11.5. The first-order chi connectivity index (χ1) is 16.8. The van der Waals surface area contributed by atoms with Gasteiger partial charge in [-0.3, -0.25) is 0 Å². The van der Waals surface area contributed by atoms with Gasteiger partial charge in [-0.05, 0) is 40.0 Å². The molecule has 0 saturated heterocycles. The Morgan fingerprint density at radius 3 is 1.14 bits per heavy atom. The summed E-state index contributed by atoms with van der Waals surface area (Å²) < 4.78 is 23.9. The van der Waals surface area contributed by atoms with Gasteiger partial charge in [0.05, 0.1) is 19.8 Å². The summed E-state index contributed by atoms with van der Waals surface area (Å²) in [4.78, 5) is 53.6. The number of ether oxygens (including phenoxy) is 5. The highest BCUT2D eigenvalue weighted by Gasteiger charge is 2.24. The third kappa shape index (κ3) is 27.2. The van der Waals surface area contributed by atoms with Crippen molar-refractivity contribution in [2.45, 2.75) is 98.4 Å². The van der Waals surface area contributed by atoms with Crippen molar-refractivity contribution in [1.29, 1.82) is 0 Å². The topological polar surface area (TPSA) is 192 Å². The molecule has 3 N–H and O–H groups in total. The molecule has 0 heterocycles. The third-order valence-electron chi connectivity index (χ3n) is 3.78. The van der Waals surface area contributed by atoms with E-state index in [0.29, 0.717) is 6.61 Å². The van der Waals surface area contributed by atoms with E-state index in [1.54, 1.807) is 0 Å². The van der Waals surface area contributed by atoms with Crippen LogP contribution in [0.5, 0.6) is 0 Å². The van der Waals surface area contributed by atoms with Crippen LogP contribution in [0.4, 0.5) is 9.59 Å². The first-order valence-electron chi connectivity index (χ1n) is 11.8. The van der Waals surface area contributed by atoms with Crippen LogP contribution in [0.25, 0.3) is 0 Å². The molecule has 0 amide bonds. The fraction of sp³-hybridized carbons (Fsp3) is 0.783. The number of hydrogen-bond donors (Lipinski definition) is 3. The van der Waals surface area contributed by atoms with E-state index in [1.165, 1.54) is 20.8 Å². The minimum absolute atomic E-state index is 0.276. The molecule has 0 aliphatic carbocycles. The van der Waals surface area contributed by atoms with Crippen LogP contribution in [0, 0.1) is 0 Å². The number of unbranched alkanes of at least 4 members (excludes halogenated alkanes) is 3. The lowest BCUT2D eigenvalue weighted by Crippen LogP contribution is -2.31. The Morgan fingerprint density at radius 2 is 0.889 bits per heavy atom. The van der Waals surface area contributed by atoms with Crippen LogP contribution in [-0.2, 0) is 38.1 Å². The number of esters is 3. The van der Waals surface area contributed by atoms with Crippen LogP contribution in [0.3, 0.4) is 0 Å². The van der Waals surface area contributed by atoms with Gasteiger partial charge in [-0.15, -0.1) is 0 Å². The zero-order chi connectivity index (χ0) is 28.5. The van der Waals surface area contributed by atoms with Gasteiger partial charge in [0.1, 0.15) is 6.10 Å². The smallest absolute Gasteiger partial charge is 0.464 e. The molecule has 13 heteroatoms. The zero-order valence-corrected chi connectivity index (χ0v) is 22.0. The van der Waals surface area contributed by atoms with Crippen molar-refractivity contribution >= 4 is 30.2 Å². The molecule has 0 fully saturated rings. The van der Waals surface area contributed by atoms with Gasteiger partial charge in [-0.2, -0.15) is 0 Å². The average Bonchev–Trinajstić information content (AvgIpc) is 2.79. The van der Waals surface area contributed by atoms with E-state index in [1.807, 2.05) is 20.8 Å². The highest BCUT2D eigenvalue weighted by Crippen LogP contribution is 2.03. The molecule has 0 spiro atoms. The van der Waals surface area contributed by atoms with Gasteiger partial charge in [-0.25, -0.2) is 24.0 Å². The molecule has 0 radical (unpaired) electrons. The predicted molar refractivity (Wildman–Crippen MR) is 126 cm³/mol. The van der Waals surface area contributed by atoms with Crippen LogP contribution in [0.15, 0.2) is 0 Å². The van der Waals surface area contributed by atoms with Crippen molar-refractivity contribution in [3.63, 3.8) is 0 Å². The van der Waals surface area contributed by atoms with Crippen LogP contribution in [0.2, 0.25) is 0 Å². The lowest BCUT2D eigenvalue weighted by atomic mass is 10.3. The number of aliphatic hydroxyl groups excluding tert-OH is 1. The van der Waals surface area contributed by atoms with E-state index >= 15 is 0 Å². The van der Waals surface area contributed by atoms with E-state index in [-0.39, 0.29) is 13.2 Å². The predicted octanol–water partition coefficient (Wildman–Crippen LogP) is 3.54. The second-order valence-electron chi connectivity index (χ2n) is 7.29. The minimum atomic E-state index is -1.83. The number of aliphatic hydroxyl groups is 1. The molecule has 212 valence electrons. The highest BCUT2D eigenvalue weighted by molar-refractivity contribution is 5.79. The monoisotopic (exact) mass is 526 g/mol. The first kappa shape index (κ1) is 37.5. The largest absolute Gasteiger partial charge is 0.509 e. The van der Waals surface area contributed by atoms with Crippen LogP contribution >= 0.6 is 0 Å². The molecule has 0 aromatic rings. The van der Waals surface area contributed by atoms with Gasteiger partial charge >= 0.3 is 30.2 Å². The fourth-order valence-electron chi connectivity index (χ4n) is 1.72. The maximum absolute atomic E-state index is 11.5. The zero-order valence-electron chi connectivity index (χ0n) is 22.0. The first-order valence-corrected chi connectivity index (χ1v) is 11.8. The van der Waals surface area contributed by atoms with Crippen molar-refractivity contribution in [2.75, 3.05) is 19.8 Å². The number of carbonyl (C=O) groups is 5. The Bertz CT molecular complexity index is 583. The van der Waals surface area contributed by atoms with Gasteiger partial charge in [0, 0.05) is 0 Å². The van der Waals surface area contributed by atoms with E-state index in [2.05, 4.69) is 4.74 Å². The number of carboxylic acid groups (broad SMARTS) is 2. The molecule has 0 rings (SSSR count). The summed E-state index contributed by atoms with van der Waals surface area (Å²) in [5.41, 5.74) is 0. The molecule has 0 aliphatic rings. The SMILES string of the molecule is CCCCOC(=O)C(C)O.CCCCOC(=O)C(C)OC(=O)OC(C)C(=O)OCCCC.O=C(O)O. The summed E-state index contributed by atoms with van der Waals surface area (Å²) in [5.74, 6) is -1.83. The summed E-state index contributed by atoms with van der Waals surface area (Å²) in [6.07, 6.45) is -1.000. The van der Waals surface area contributed by atoms with Crippen molar-refractivity contribution < 1.29 is 63.0 Å². The molecule has 0 aromatic heterocycles. The van der Waals surface area contributed by atoms with E-state index in [4.69, 9.17) is 39.1 Å². The molecule has 3 unspecified atom stereocenters. The van der Waals surface area contributed by atoms with Crippen molar-refractivity contribution in [3.05, 3.63) is 0 Å². The van der Waals surface area contributed by atoms with E-state index in [9.17, 15) is 19.2 Å². The number of hydrogen-bond acceptors (Lipinski definition) is 11. The summed E-state index contributed by atoms with van der Waals surface area (Å²) >= 11 is 0. The molecule has 0 saturated carbocycles. The molecule has 0 aromatic carbocycles. The number of rotatable bonds is 14. The second kappa shape index (κ2) is 25.0. The quantitative estimate of drug-likeness (QED) is 0.169. The third-order valence-corrected chi connectivity index (χ3v) is 3.78. The normalized spacial score (nSPS) is 12.1. The molecular weight excluding hydrogens is 484 g/mol. The van der Waals surface area contributed by atoms with Gasteiger partial charge in [0.2, 0.25) is 0 Å². The molecule has 0 bridgehead atoms. The molecule has 3 atom stereocenters. The summed E-state index contributed by atoms with van der Waals surface area (Å²) in [5, 5.41) is 22.6. The Balaban J connectivity index is -0.000000640. The fourth-order valence-corrected chi connectivity index (χ4v) is 1.72. The van der Waals surface area contributed by atoms with Crippen LogP contribution in [-0.4, -0.2) is 83.7 Å². The van der Waals surface area contributed by atoms with E-state index in [0.717, 1.165) is 38.5 Å². The molecule has 13 nitrogen and oxygen atoms in total. The summed E-state index contributed by atoms with van der Waals surface area (Å²) in [7, 11) is 0. The standard InChI is InChI=1S/C15H26O7.C7H14O3.CH2O3/c1-5-7-9-19-13(16)11(3)21-15(18)22-12(4)14(17)20-10-8-6-2;1-3-4-5-10-7(9)6(2)8;2-1(3)4/h11-12H,5-10H2,1-4H3;6,8H,3-5H2,1-2H3;(H2,2,3,4). The molecule has 36 heavy (non-hydrogen) atoms. The highest BCUT2D eigenvalue weighted by atomic mass is 16.7. The van der Waals surface area contributed by atoms with Crippen LogP contribution in [0.1, 0.15) is 80.1 Å². The average molecular weight is 527 g/mol. The Hall–Kier alpha value is -3.09. The Morgan fingerprint density at radius 1 is 0.611 bits per heavy atom. The van der Waals surface area contributed by atoms with Gasteiger partial charge in [0.15, 0.2) is 12.2 Å². The second-order valence-corrected chi connectivity index (χ2v) is 7.29. The number of carbonyl (C=O) groups excluding carboxylic acids is 4. The van der Waals surface area contributed by atoms with Gasteiger partial charge in [0.25, 0.3) is 0 Å². The lowest BCUT2D eigenvalue weighted by molar-refractivity contribution is -0.158. The van der Waals surface area contributed by atoms with Gasteiger partial charge < -0.3 is 39.0 Å². The van der Waals surface area contributed by atoms with Crippen molar-refractivity contribution in [1.82, 2.24) is 0 Å². The Labute approximate surface area is 212 Å². The summed E-state index contributed by atoms with van der Waals surface area (Å²) in [6.45, 7) is 11.1. The molecular formula is C23H42O13. The van der Waals surface area contributed by atoms with Crippen molar-refractivity contribution in [3.8, 4) is 0 Å². The lowest BCUT2D eigenvalue weighted by Gasteiger charge is -2.15. The van der Waals surface area contributed by atoms with Crippen molar-refractivity contribution in [2.24, 2.45) is 0 Å². The minimum Gasteiger partial charge on any atom is -0.464 e. The summed E-state index contributed by atoms with van der Waals surface area (Å²) in [6, 6.07) is 0. The van der Waals surface area contributed by atoms with E-state index < -0.39 is 48.5 Å². The molecule has 0 aliphatic heterocycles. The maximum Gasteiger partial charge on any atom is 0.509 e. The van der Waals surface area contributed by atoms with Gasteiger partial charge in [-0.1, -0.05) is 40.0 Å².